The Bertz CT molecular complexity index is 708. The van der Waals surface area contributed by atoms with E-state index in [1.54, 1.807) is 25.0 Å². The van der Waals surface area contributed by atoms with Crippen LogP contribution in [0.25, 0.3) is 0 Å². The van der Waals surface area contributed by atoms with Gasteiger partial charge in [-0.1, -0.05) is 5.16 Å². The van der Waals surface area contributed by atoms with Crippen LogP contribution in [-0.2, 0) is 0 Å². The molecule has 0 atom stereocenters. The second-order valence-electron chi connectivity index (χ2n) is 6.11. The highest BCUT2D eigenvalue weighted by Gasteiger charge is 2.21. The summed E-state index contributed by atoms with van der Waals surface area (Å²) in [6.07, 6.45) is 0. The van der Waals surface area contributed by atoms with Gasteiger partial charge in [0.25, 0.3) is 0 Å². The van der Waals surface area contributed by atoms with E-state index in [1.807, 2.05) is 24.3 Å². The Balaban J connectivity index is 1.36. The number of methoxy groups -OCH3 is 1. The summed E-state index contributed by atoms with van der Waals surface area (Å²) >= 11 is 0. The number of carbonyl (C=O) groups is 1. The largest absolute Gasteiger partial charge is 0.497 e. The highest BCUT2D eigenvalue weighted by molar-refractivity contribution is 5.88. The Labute approximate surface area is 152 Å². The van der Waals surface area contributed by atoms with Crippen molar-refractivity contribution in [3.8, 4) is 11.5 Å². The standard InChI is InChI=1S/C18H24N4O4/c1-14-13-17(20-26-14)19-18(23)22-9-7-21(8-10-22)11-12-25-16-5-3-15(24-2)4-6-16/h3-6,13H,7-12H2,1-2H3,(H,19,20,23). The summed E-state index contributed by atoms with van der Waals surface area (Å²) in [5.41, 5.74) is 0. The van der Waals surface area contributed by atoms with Crippen LogP contribution < -0.4 is 14.8 Å². The van der Waals surface area contributed by atoms with Crippen LogP contribution in [0.5, 0.6) is 11.5 Å². The molecule has 26 heavy (non-hydrogen) atoms. The molecule has 1 aliphatic rings. The molecule has 1 aromatic heterocycles. The zero-order chi connectivity index (χ0) is 18.4. The third-order valence-corrected chi connectivity index (χ3v) is 4.26. The first-order valence-electron chi connectivity index (χ1n) is 8.62. The van der Waals surface area contributed by atoms with Gasteiger partial charge in [0.2, 0.25) is 0 Å². The average Bonchev–Trinajstić information content (AvgIpc) is 3.07. The number of aromatic nitrogens is 1. The van der Waals surface area contributed by atoms with Crippen molar-refractivity contribution in [2.75, 3.05) is 51.8 Å². The van der Waals surface area contributed by atoms with E-state index in [1.165, 1.54) is 0 Å². The van der Waals surface area contributed by atoms with Gasteiger partial charge in [0, 0.05) is 38.8 Å². The fourth-order valence-electron chi connectivity index (χ4n) is 2.75. The second kappa shape index (κ2) is 8.57. The summed E-state index contributed by atoms with van der Waals surface area (Å²) in [4.78, 5) is 16.3. The molecule has 0 bridgehead atoms. The zero-order valence-electron chi connectivity index (χ0n) is 15.1. The van der Waals surface area contributed by atoms with Crippen LogP contribution in [0.3, 0.4) is 0 Å². The lowest BCUT2D eigenvalue weighted by Crippen LogP contribution is -2.50. The van der Waals surface area contributed by atoms with Gasteiger partial charge in [-0.15, -0.1) is 0 Å². The van der Waals surface area contributed by atoms with Gasteiger partial charge in [-0.3, -0.25) is 10.2 Å². The van der Waals surface area contributed by atoms with Gasteiger partial charge in [-0.2, -0.15) is 0 Å². The van der Waals surface area contributed by atoms with Crippen molar-refractivity contribution in [1.82, 2.24) is 15.0 Å². The Kier molecular flexibility index (Phi) is 5.96. The summed E-state index contributed by atoms with van der Waals surface area (Å²) in [6.45, 7) is 6.20. The smallest absolute Gasteiger partial charge is 0.323 e. The van der Waals surface area contributed by atoms with Crippen LogP contribution in [0.2, 0.25) is 0 Å². The molecule has 2 amide bonds. The van der Waals surface area contributed by atoms with E-state index in [0.29, 0.717) is 31.3 Å². The molecule has 1 saturated heterocycles. The summed E-state index contributed by atoms with van der Waals surface area (Å²) in [6, 6.07) is 9.10. The third-order valence-electron chi connectivity index (χ3n) is 4.26. The molecule has 1 fully saturated rings. The number of amides is 2. The molecule has 8 nitrogen and oxygen atoms in total. The van der Waals surface area contributed by atoms with Crippen molar-refractivity contribution in [2.45, 2.75) is 6.92 Å². The molecule has 0 radical (unpaired) electrons. The van der Waals surface area contributed by atoms with Gasteiger partial charge in [0.15, 0.2) is 5.82 Å². The minimum atomic E-state index is -0.146. The zero-order valence-corrected chi connectivity index (χ0v) is 15.1. The summed E-state index contributed by atoms with van der Waals surface area (Å²) in [5.74, 6) is 2.75. The van der Waals surface area contributed by atoms with Crippen LogP contribution in [0.15, 0.2) is 34.9 Å². The van der Waals surface area contributed by atoms with E-state index < -0.39 is 0 Å². The lowest BCUT2D eigenvalue weighted by atomic mass is 10.3. The molecule has 0 saturated carbocycles. The lowest BCUT2D eigenvalue weighted by Gasteiger charge is -2.34. The quantitative estimate of drug-likeness (QED) is 0.851. The number of benzene rings is 1. The topological polar surface area (TPSA) is 80.1 Å². The van der Waals surface area contributed by atoms with Crippen molar-refractivity contribution in [3.05, 3.63) is 36.1 Å². The number of aryl methyl sites for hydroxylation is 1. The molecular weight excluding hydrogens is 336 g/mol. The normalized spacial score (nSPS) is 14.9. The van der Waals surface area contributed by atoms with Crippen LogP contribution in [-0.4, -0.2) is 67.4 Å². The number of piperazine rings is 1. The molecule has 2 aromatic rings. The van der Waals surface area contributed by atoms with Crippen molar-refractivity contribution in [1.29, 1.82) is 0 Å². The molecule has 1 aliphatic heterocycles. The molecule has 3 rings (SSSR count). The molecule has 2 heterocycles. The molecule has 1 N–H and O–H groups in total. The first kappa shape index (κ1) is 18.1. The van der Waals surface area contributed by atoms with E-state index in [0.717, 1.165) is 31.1 Å². The SMILES string of the molecule is COc1ccc(OCCN2CCN(C(=O)Nc3cc(C)on3)CC2)cc1. The number of ether oxygens (including phenoxy) is 2. The number of hydrogen-bond acceptors (Lipinski definition) is 6. The van der Waals surface area contributed by atoms with E-state index in [2.05, 4.69) is 15.4 Å². The lowest BCUT2D eigenvalue weighted by molar-refractivity contribution is 0.132. The molecule has 0 spiro atoms. The number of anilines is 1. The van der Waals surface area contributed by atoms with Gasteiger partial charge in [-0.05, 0) is 31.2 Å². The number of nitrogens with zero attached hydrogens (tertiary/aromatic N) is 3. The van der Waals surface area contributed by atoms with Gasteiger partial charge in [0.1, 0.15) is 23.9 Å². The maximum atomic E-state index is 12.2. The van der Waals surface area contributed by atoms with Gasteiger partial charge in [-0.25, -0.2) is 4.79 Å². The number of hydrogen-bond donors (Lipinski definition) is 1. The fraction of sp³-hybridized carbons (Fsp3) is 0.444. The number of nitrogens with one attached hydrogen (secondary N) is 1. The minimum Gasteiger partial charge on any atom is -0.497 e. The van der Waals surface area contributed by atoms with Crippen molar-refractivity contribution < 1.29 is 18.8 Å². The summed E-state index contributed by atoms with van der Waals surface area (Å²) in [7, 11) is 1.64. The Morgan fingerprint density at radius 1 is 1.19 bits per heavy atom. The molecule has 8 heteroatoms. The minimum absolute atomic E-state index is 0.146. The van der Waals surface area contributed by atoms with E-state index in [9.17, 15) is 4.79 Å². The molecular formula is C18H24N4O4. The van der Waals surface area contributed by atoms with Crippen molar-refractivity contribution in [3.63, 3.8) is 0 Å². The van der Waals surface area contributed by atoms with Crippen LogP contribution >= 0.6 is 0 Å². The Morgan fingerprint density at radius 3 is 2.50 bits per heavy atom. The van der Waals surface area contributed by atoms with Gasteiger partial charge >= 0.3 is 6.03 Å². The highest BCUT2D eigenvalue weighted by atomic mass is 16.5. The fourth-order valence-corrected chi connectivity index (χ4v) is 2.75. The number of rotatable bonds is 6. The summed E-state index contributed by atoms with van der Waals surface area (Å²) in [5, 5.41) is 6.53. The van der Waals surface area contributed by atoms with Crippen molar-refractivity contribution >= 4 is 11.8 Å². The average molecular weight is 360 g/mol. The molecule has 140 valence electrons. The first-order valence-corrected chi connectivity index (χ1v) is 8.62. The highest BCUT2D eigenvalue weighted by Crippen LogP contribution is 2.17. The molecule has 0 aliphatic carbocycles. The summed E-state index contributed by atoms with van der Waals surface area (Å²) < 4.78 is 15.8. The molecule has 0 unspecified atom stereocenters. The van der Waals surface area contributed by atoms with Crippen LogP contribution in [0.4, 0.5) is 10.6 Å². The predicted molar refractivity (Wildman–Crippen MR) is 96.8 cm³/mol. The van der Waals surface area contributed by atoms with Crippen LogP contribution in [0.1, 0.15) is 5.76 Å². The Hall–Kier alpha value is -2.74. The van der Waals surface area contributed by atoms with Gasteiger partial charge < -0.3 is 18.9 Å². The predicted octanol–water partition coefficient (Wildman–Crippen LogP) is 2.22. The second-order valence-corrected chi connectivity index (χ2v) is 6.11. The maximum Gasteiger partial charge on any atom is 0.323 e. The van der Waals surface area contributed by atoms with Crippen molar-refractivity contribution in [2.24, 2.45) is 0 Å². The Morgan fingerprint density at radius 2 is 1.88 bits per heavy atom. The monoisotopic (exact) mass is 360 g/mol. The van der Waals surface area contributed by atoms with E-state index in [-0.39, 0.29) is 6.03 Å². The maximum absolute atomic E-state index is 12.2. The number of urea groups is 1. The van der Waals surface area contributed by atoms with E-state index >= 15 is 0 Å². The van der Waals surface area contributed by atoms with Crippen LogP contribution in [0, 0.1) is 6.92 Å². The first-order chi connectivity index (χ1) is 12.6. The van der Waals surface area contributed by atoms with E-state index in [4.69, 9.17) is 14.0 Å². The van der Waals surface area contributed by atoms with Gasteiger partial charge in [0.05, 0.1) is 7.11 Å². The third kappa shape index (κ3) is 4.89. The number of carbonyl (C=O) groups excluding carboxylic acids is 1. The molecule has 1 aromatic carbocycles.